The highest BCUT2D eigenvalue weighted by Gasteiger charge is 2.60. The zero-order valence-corrected chi connectivity index (χ0v) is 40.6. The van der Waals surface area contributed by atoms with E-state index in [4.69, 9.17) is 0 Å². The molecule has 0 radical (unpaired) electrons. The van der Waals surface area contributed by atoms with E-state index in [1.54, 1.807) is 11.1 Å². The summed E-state index contributed by atoms with van der Waals surface area (Å²) in [7, 11) is -4.14. The Morgan fingerprint density at radius 2 is 0.825 bits per heavy atom. The van der Waals surface area contributed by atoms with E-state index in [0.717, 1.165) is 11.4 Å². The monoisotopic (exact) mass is 850 g/mol. The van der Waals surface area contributed by atoms with Crippen LogP contribution < -0.4 is 9.80 Å². The minimum Gasteiger partial charge on any atom is -0.310 e. The number of benzene rings is 9. The van der Waals surface area contributed by atoms with E-state index >= 15 is 0 Å². The highest BCUT2D eigenvalue weighted by Crippen LogP contribution is 2.62. The van der Waals surface area contributed by atoms with Crippen molar-refractivity contribution in [3.05, 3.63) is 203 Å². The minimum atomic E-state index is -2.07. The van der Waals surface area contributed by atoms with Crippen molar-refractivity contribution in [1.29, 1.82) is 0 Å². The first-order chi connectivity index (χ1) is 30.2. The Morgan fingerprint density at radius 3 is 1.37 bits per heavy atom. The zero-order valence-electron chi connectivity index (χ0n) is 38.6. The minimum absolute atomic E-state index is 0.0704. The maximum absolute atomic E-state index is 2.65. The molecule has 0 amide bonds. The maximum Gasteiger partial charge on any atom is 0.0579 e. The third-order valence-electron chi connectivity index (χ3n) is 14.3. The first-order valence-electron chi connectivity index (χ1n) is 22.6. The summed E-state index contributed by atoms with van der Waals surface area (Å²) in [4.78, 5) is 4.86. The van der Waals surface area contributed by atoms with Crippen molar-refractivity contribution in [3.63, 3.8) is 0 Å². The number of para-hydroxylation sites is 2. The fourth-order valence-corrected chi connectivity index (χ4v) is 24.6. The second-order valence-electron chi connectivity index (χ2n) is 20.1. The lowest BCUT2D eigenvalue weighted by Crippen LogP contribution is -2.63. The van der Waals surface area contributed by atoms with E-state index in [-0.39, 0.29) is 4.66 Å². The van der Waals surface area contributed by atoms with E-state index in [1.807, 2.05) is 0 Å². The number of fused-ring (bicyclic) bond motifs is 9. The van der Waals surface area contributed by atoms with Crippen molar-refractivity contribution < 1.29 is 0 Å². The fourth-order valence-electron chi connectivity index (χ4n) is 11.5. The van der Waals surface area contributed by atoms with Crippen LogP contribution in [0.4, 0.5) is 34.1 Å². The van der Waals surface area contributed by atoms with Crippen LogP contribution in [0.5, 0.6) is 0 Å². The second-order valence-corrected chi connectivity index (χ2v) is 31.1. The maximum atomic E-state index is 2.65. The molecule has 63 heavy (non-hydrogen) atoms. The number of hydrogen-bond acceptors (Lipinski definition) is 2. The van der Waals surface area contributed by atoms with Crippen molar-refractivity contribution in [1.82, 2.24) is 0 Å². The first kappa shape index (κ1) is 40.8. The molecule has 9 aromatic rings. The Balaban J connectivity index is 1.25. The van der Waals surface area contributed by atoms with Crippen LogP contribution in [0.3, 0.4) is 0 Å². The van der Waals surface area contributed by atoms with Crippen LogP contribution in [-0.4, -0.2) is 16.1 Å². The highest BCUT2D eigenvalue weighted by atomic mass is 28.4. The molecule has 4 heteroatoms. The Morgan fingerprint density at radius 1 is 0.349 bits per heavy atom. The second kappa shape index (κ2) is 15.0. The van der Waals surface area contributed by atoms with Crippen molar-refractivity contribution in [3.8, 4) is 11.1 Å². The molecule has 0 aliphatic heterocycles. The zero-order chi connectivity index (χ0) is 44.0. The SMILES string of the molecule is Cc1ccc(N(c2ccccc2)c2ccc3cc4c(cc3c2)C([Si](C)(C)C)([Si](C)(C)C)c2c-4c3ccccc3c3cc(N(c4ccccc4)c4ccc(C)c(C)c4)ccc23)cc1C. The number of aryl methyl sites for hydroxylation is 4. The molecule has 0 unspecified atom stereocenters. The molecule has 0 heterocycles. The quantitative estimate of drug-likeness (QED) is 0.111. The van der Waals surface area contributed by atoms with Gasteiger partial charge in [0.2, 0.25) is 0 Å². The van der Waals surface area contributed by atoms with Gasteiger partial charge in [0, 0.05) is 38.8 Å². The molecule has 0 bridgehead atoms. The van der Waals surface area contributed by atoms with Gasteiger partial charge in [-0.3, -0.25) is 0 Å². The molecule has 1 aliphatic rings. The van der Waals surface area contributed by atoms with Gasteiger partial charge in [-0.05, 0) is 183 Å². The largest absolute Gasteiger partial charge is 0.310 e. The summed E-state index contributed by atoms with van der Waals surface area (Å²) >= 11 is 0. The molecule has 0 atom stereocenters. The highest BCUT2D eigenvalue weighted by molar-refractivity contribution is 7.00. The summed E-state index contributed by atoms with van der Waals surface area (Å²) in [5.74, 6) is 0. The van der Waals surface area contributed by atoms with Gasteiger partial charge in [-0.15, -0.1) is 0 Å². The topological polar surface area (TPSA) is 6.48 Å². The number of nitrogens with zero attached hydrogens (tertiary/aromatic N) is 2. The van der Waals surface area contributed by atoms with E-state index in [2.05, 4.69) is 247 Å². The van der Waals surface area contributed by atoms with Gasteiger partial charge in [0.05, 0.1) is 16.1 Å². The summed E-state index contributed by atoms with van der Waals surface area (Å²) in [6.07, 6.45) is 0. The Labute approximate surface area is 376 Å². The molecule has 9 aromatic carbocycles. The van der Waals surface area contributed by atoms with Gasteiger partial charge < -0.3 is 9.80 Å². The summed E-state index contributed by atoms with van der Waals surface area (Å²) in [6.45, 7) is 24.7. The Hall–Kier alpha value is -6.21. The summed E-state index contributed by atoms with van der Waals surface area (Å²) in [6, 6.07) is 64.4. The molecule has 0 spiro atoms. The molecule has 2 nitrogen and oxygen atoms in total. The van der Waals surface area contributed by atoms with E-state index in [1.165, 1.54) is 88.4 Å². The smallest absolute Gasteiger partial charge is 0.0579 e. The molecule has 0 fully saturated rings. The number of anilines is 6. The van der Waals surface area contributed by atoms with Crippen LogP contribution in [0.25, 0.3) is 43.4 Å². The molecular formula is C59H58N2Si2. The summed E-state index contributed by atoms with van der Waals surface area (Å²) in [5, 5.41) is 7.99. The predicted molar refractivity (Wildman–Crippen MR) is 280 cm³/mol. The van der Waals surface area contributed by atoms with Crippen molar-refractivity contribution >= 4 is 82.6 Å². The van der Waals surface area contributed by atoms with E-state index < -0.39 is 16.1 Å². The lowest BCUT2D eigenvalue weighted by molar-refractivity contribution is 0.965. The predicted octanol–water partition coefficient (Wildman–Crippen LogP) is 17.3. The molecular weight excluding hydrogens is 793 g/mol. The molecule has 0 aromatic heterocycles. The Bertz CT molecular complexity index is 3230. The van der Waals surface area contributed by atoms with Gasteiger partial charge in [-0.2, -0.15) is 0 Å². The van der Waals surface area contributed by atoms with Gasteiger partial charge in [-0.1, -0.05) is 130 Å². The molecule has 0 N–H and O–H groups in total. The average molecular weight is 851 g/mol. The first-order valence-corrected chi connectivity index (χ1v) is 29.6. The summed E-state index contributed by atoms with van der Waals surface area (Å²) < 4.78 is -0.0704. The standard InChI is InChI=1S/C59H58N2Si2/c1-39-25-28-47(33-41(39)3)60(45-19-13-11-14-20-45)49-30-27-43-36-55-56(37-44(43)35-49)59(62(5,6)7,63(8,9)10)58-53-32-31-50(38-54(53)51-23-17-18-24-52(51)57(55)58)61(46-21-15-12-16-22-46)48-29-26-40(2)42(4)34-48/h11-38H,1-10H3. The lowest BCUT2D eigenvalue weighted by Gasteiger charge is -2.51. The Kier molecular flexibility index (Phi) is 9.70. The van der Waals surface area contributed by atoms with Crippen molar-refractivity contribution in [2.24, 2.45) is 0 Å². The van der Waals surface area contributed by atoms with Crippen LogP contribution in [0, 0.1) is 27.7 Å². The summed E-state index contributed by atoms with van der Waals surface area (Å²) in [5.41, 5.74) is 18.2. The van der Waals surface area contributed by atoms with Gasteiger partial charge >= 0.3 is 0 Å². The lowest BCUT2D eigenvalue weighted by atomic mass is 9.90. The third kappa shape index (κ3) is 6.40. The fraction of sp³-hybridized carbons (Fsp3) is 0.186. The van der Waals surface area contributed by atoms with Crippen LogP contribution in [0.1, 0.15) is 33.4 Å². The molecule has 0 saturated carbocycles. The van der Waals surface area contributed by atoms with Crippen molar-refractivity contribution in [2.45, 2.75) is 71.6 Å². The van der Waals surface area contributed by atoms with E-state index in [9.17, 15) is 0 Å². The number of rotatable bonds is 8. The third-order valence-corrected chi connectivity index (χ3v) is 24.3. The van der Waals surface area contributed by atoms with Crippen LogP contribution >= 0.6 is 0 Å². The van der Waals surface area contributed by atoms with Gasteiger partial charge in [0.15, 0.2) is 0 Å². The molecule has 10 rings (SSSR count). The van der Waals surface area contributed by atoms with E-state index in [0.29, 0.717) is 0 Å². The number of hydrogen-bond donors (Lipinski definition) is 0. The molecule has 1 aliphatic carbocycles. The average Bonchev–Trinajstić information content (AvgIpc) is 3.58. The van der Waals surface area contributed by atoms with Gasteiger partial charge in [0.1, 0.15) is 0 Å². The van der Waals surface area contributed by atoms with Gasteiger partial charge in [0.25, 0.3) is 0 Å². The van der Waals surface area contributed by atoms with Crippen LogP contribution in [0.2, 0.25) is 39.3 Å². The van der Waals surface area contributed by atoms with Crippen LogP contribution in [0.15, 0.2) is 170 Å². The molecule has 0 saturated heterocycles. The normalized spacial score (nSPS) is 13.4. The van der Waals surface area contributed by atoms with Gasteiger partial charge in [-0.25, -0.2) is 0 Å². The molecule has 312 valence electrons. The van der Waals surface area contributed by atoms with Crippen molar-refractivity contribution in [2.75, 3.05) is 9.80 Å². The van der Waals surface area contributed by atoms with Crippen LogP contribution in [-0.2, 0) is 4.66 Å².